The van der Waals surface area contributed by atoms with Gasteiger partial charge in [-0.3, -0.25) is 9.68 Å². The molecule has 23 heavy (non-hydrogen) atoms. The lowest BCUT2D eigenvalue weighted by Gasteiger charge is -2.32. The number of carbonyl (C=O) groups is 1. The largest absolute Gasteiger partial charge is 0.373 e. The molecule has 3 fully saturated rings. The molecular weight excluding hydrogens is 300 g/mol. The predicted molar refractivity (Wildman–Crippen MR) is 81.6 cm³/mol. The number of carbonyl (C=O) groups excluding carboxylic acids is 1. The fourth-order valence-electron chi connectivity index (χ4n) is 3.62. The maximum Gasteiger partial charge on any atom is 0.373 e. The van der Waals surface area contributed by atoms with Gasteiger partial charge in [0.1, 0.15) is 0 Å². The van der Waals surface area contributed by atoms with E-state index in [0.29, 0.717) is 0 Å². The molecule has 0 spiro atoms. The molecule has 1 saturated heterocycles. The average Bonchev–Trinajstić information content (AvgIpc) is 2.72. The number of aliphatic hydroxyl groups excluding tert-OH is 1. The highest BCUT2D eigenvalue weighted by Crippen LogP contribution is 2.34. The summed E-state index contributed by atoms with van der Waals surface area (Å²) in [6.45, 7) is 1.38. The van der Waals surface area contributed by atoms with Gasteiger partial charge in [-0.2, -0.15) is 10.1 Å². The minimum Gasteiger partial charge on any atom is -0.367 e. The first-order chi connectivity index (χ1) is 11.0. The number of urea groups is 1. The molecule has 0 aromatic carbocycles. The van der Waals surface area contributed by atoms with Gasteiger partial charge < -0.3 is 10.2 Å². The van der Waals surface area contributed by atoms with Crippen molar-refractivity contribution in [3.05, 3.63) is 0 Å². The van der Waals surface area contributed by atoms with E-state index in [0.717, 1.165) is 61.5 Å². The van der Waals surface area contributed by atoms with Gasteiger partial charge in [0.25, 0.3) is 0 Å². The van der Waals surface area contributed by atoms with Gasteiger partial charge in [-0.15, -0.1) is 0 Å². The highest BCUT2D eigenvalue weighted by Gasteiger charge is 2.57. The summed E-state index contributed by atoms with van der Waals surface area (Å²) in [6.07, 6.45) is 8.37. The zero-order chi connectivity index (χ0) is 16.4. The lowest BCUT2D eigenvalue weighted by molar-refractivity contribution is -0.301. The molecule has 3 rings (SSSR count). The number of aliphatic hydroxyl groups is 2. The lowest BCUT2D eigenvalue weighted by Crippen LogP contribution is -2.50. The van der Waals surface area contributed by atoms with Gasteiger partial charge in [0.15, 0.2) is 0 Å². The fourth-order valence-corrected chi connectivity index (χ4v) is 3.62. The molecule has 132 valence electrons. The monoisotopic (exact) mass is 328 g/mol. The van der Waals surface area contributed by atoms with Crippen molar-refractivity contribution in [1.82, 2.24) is 10.1 Å². The minimum absolute atomic E-state index is 0.0900. The highest BCUT2D eigenvalue weighted by molar-refractivity contribution is 5.75. The van der Waals surface area contributed by atoms with Crippen LogP contribution in [0.4, 0.5) is 4.79 Å². The van der Waals surface area contributed by atoms with E-state index in [4.69, 9.17) is 9.68 Å². The van der Waals surface area contributed by atoms with Crippen LogP contribution in [0.3, 0.4) is 0 Å². The van der Waals surface area contributed by atoms with E-state index in [1.165, 1.54) is 19.8 Å². The fraction of sp³-hybridized carbons (Fsp3) is 0.938. The third-order valence-corrected chi connectivity index (χ3v) is 5.11. The SMILES string of the molecule is CC1(O)C(O)N(OC2CCCCC2)C(=O)N1OC1CCCCC1. The zero-order valence-electron chi connectivity index (χ0n) is 13.8. The van der Waals surface area contributed by atoms with Crippen molar-refractivity contribution in [1.29, 1.82) is 0 Å². The second kappa shape index (κ2) is 6.93. The van der Waals surface area contributed by atoms with E-state index in [1.54, 1.807) is 0 Å². The number of hydrogen-bond donors (Lipinski definition) is 2. The topological polar surface area (TPSA) is 82.5 Å². The van der Waals surface area contributed by atoms with E-state index in [1.807, 2.05) is 0 Å². The van der Waals surface area contributed by atoms with Crippen LogP contribution < -0.4 is 0 Å². The van der Waals surface area contributed by atoms with Crippen molar-refractivity contribution >= 4 is 6.03 Å². The Kier molecular flexibility index (Phi) is 5.10. The molecule has 0 aromatic heterocycles. The van der Waals surface area contributed by atoms with Gasteiger partial charge in [-0.05, 0) is 32.6 Å². The lowest BCUT2D eigenvalue weighted by atomic mass is 9.98. The molecule has 1 heterocycles. The predicted octanol–water partition coefficient (Wildman–Crippen LogP) is 2.28. The highest BCUT2D eigenvalue weighted by atomic mass is 16.8. The molecule has 0 aromatic rings. The second-order valence-corrected chi connectivity index (χ2v) is 7.10. The van der Waals surface area contributed by atoms with E-state index in [9.17, 15) is 15.0 Å². The van der Waals surface area contributed by atoms with Crippen LogP contribution in [0.2, 0.25) is 0 Å². The molecule has 2 N–H and O–H groups in total. The summed E-state index contributed by atoms with van der Waals surface area (Å²) in [5.41, 5.74) is -1.82. The minimum atomic E-state index is -1.82. The van der Waals surface area contributed by atoms with Gasteiger partial charge in [-0.1, -0.05) is 38.5 Å². The van der Waals surface area contributed by atoms with Crippen LogP contribution in [0.5, 0.6) is 0 Å². The van der Waals surface area contributed by atoms with Gasteiger partial charge >= 0.3 is 6.03 Å². The van der Waals surface area contributed by atoms with E-state index < -0.39 is 18.0 Å². The average molecular weight is 328 g/mol. The molecule has 2 aliphatic carbocycles. The summed E-state index contributed by atoms with van der Waals surface area (Å²) < 4.78 is 0. The van der Waals surface area contributed by atoms with Crippen molar-refractivity contribution in [3.8, 4) is 0 Å². The normalized spacial score (nSPS) is 34.4. The van der Waals surface area contributed by atoms with Crippen molar-refractivity contribution < 1.29 is 24.7 Å². The van der Waals surface area contributed by atoms with E-state index in [-0.39, 0.29) is 12.2 Å². The van der Waals surface area contributed by atoms with Gasteiger partial charge in [0.05, 0.1) is 12.2 Å². The Morgan fingerprint density at radius 3 is 1.96 bits per heavy atom. The third kappa shape index (κ3) is 3.47. The van der Waals surface area contributed by atoms with Crippen molar-refractivity contribution in [2.75, 3.05) is 0 Å². The van der Waals surface area contributed by atoms with Crippen molar-refractivity contribution in [3.63, 3.8) is 0 Å². The standard InChI is InChI=1S/C16H28N2O5/c1-16(21)14(19)17(22-12-8-4-2-5-9-12)15(20)18(16)23-13-10-6-3-7-11-13/h12-14,19,21H,2-11H2,1H3. The van der Waals surface area contributed by atoms with E-state index >= 15 is 0 Å². The molecule has 7 heteroatoms. The van der Waals surface area contributed by atoms with E-state index in [2.05, 4.69) is 0 Å². The van der Waals surface area contributed by atoms with Crippen LogP contribution in [0.1, 0.15) is 71.1 Å². The Balaban J connectivity index is 1.66. The third-order valence-electron chi connectivity index (χ3n) is 5.11. The summed E-state index contributed by atoms with van der Waals surface area (Å²) in [4.78, 5) is 24.0. The Morgan fingerprint density at radius 1 is 0.957 bits per heavy atom. The maximum absolute atomic E-state index is 12.6. The number of hydrogen-bond acceptors (Lipinski definition) is 5. The van der Waals surface area contributed by atoms with Crippen molar-refractivity contribution in [2.24, 2.45) is 0 Å². The van der Waals surface area contributed by atoms with Gasteiger partial charge in [0.2, 0.25) is 12.0 Å². The zero-order valence-corrected chi connectivity index (χ0v) is 13.8. The van der Waals surface area contributed by atoms with Gasteiger partial charge in [0, 0.05) is 0 Å². The molecule has 3 aliphatic rings. The first kappa shape index (κ1) is 17.0. The van der Waals surface area contributed by atoms with Crippen molar-refractivity contribution in [2.45, 2.75) is 95.3 Å². The summed E-state index contributed by atoms with van der Waals surface area (Å²) in [7, 11) is 0. The number of nitrogens with zero attached hydrogens (tertiary/aromatic N) is 2. The molecule has 2 amide bonds. The molecule has 7 nitrogen and oxygen atoms in total. The quantitative estimate of drug-likeness (QED) is 0.827. The molecular formula is C16H28N2O5. The smallest absolute Gasteiger partial charge is 0.367 e. The van der Waals surface area contributed by atoms with Crippen LogP contribution in [0.15, 0.2) is 0 Å². The summed E-state index contributed by atoms with van der Waals surface area (Å²) in [6, 6.07) is -0.626. The summed E-state index contributed by atoms with van der Waals surface area (Å²) >= 11 is 0. The van der Waals surface area contributed by atoms with Crippen LogP contribution in [0, 0.1) is 0 Å². The molecule has 2 unspecified atom stereocenters. The molecule has 2 atom stereocenters. The number of amides is 2. The van der Waals surface area contributed by atoms with Crippen LogP contribution >= 0.6 is 0 Å². The molecule has 2 saturated carbocycles. The Labute approximate surface area is 137 Å². The molecule has 1 aliphatic heterocycles. The maximum atomic E-state index is 12.6. The summed E-state index contributed by atoms with van der Waals surface area (Å²) in [5.74, 6) is 0. The number of rotatable bonds is 4. The molecule has 0 radical (unpaired) electrons. The Hall–Kier alpha value is -0.890. The first-order valence-electron chi connectivity index (χ1n) is 8.87. The van der Waals surface area contributed by atoms with Crippen LogP contribution in [0.25, 0.3) is 0 Å². The van der Waals surface area contributed by atoms with Crippen LogP contribution in [-0.4, -0.2) is 50.5 Å². The Bertz CT molecular complexity index is 419. The second-order valence-electron chi connectivity index (χ2n) is 7.10. The molecule has 0 bridgehead atoms. The summed E-state index contributed by atoms with van der Waals surface area (Å²) in [5, 5.41) is 22.6. The van der Waals surface area contributed by atoms with Gasteiger partial charge in [-0.25, -0.2) is 4.79 Å². The first-order valence-corrected chi connectivity index (χ1v) is 8.87. The number of hydroxylamine groups is 4. The van der Waals surface area contributed by atoms with Crippen LogP contribution in [-0.2, 0) is 9.68 Å². The Morgan fingerprint density at radius 2 is 1.43 bits per heavy atom.